The van der Waals surface area contributed by atoms with Gasteiger partial charge in [-0.15, -0.1) is 10.2 Å². The molecule has 3 rings (SSSR count). The van der Waals surface area contributed by atoms with Crippen LogP contribution in [0.2, 0.25) is 0 Å². The number of amides is 2. The van der Waals surface area contributed by atoms with Crippen molar-refractivity contribution in [2.75, 3.05) is 6.54 Å². The van der Waals surface area contributed by atoms with Crippen LogP contribution in [0.3, 0.4) is 0 Å². The smallest absolute Gasteiger partial charge is 0.318 e. The molecule has 7 nitrogen and oxygen atoms in total. The molecule has 1 aliphatic rings. The highest BCUT2D eigenvalue weighted by atomic mass is 16.2. The van der Waals surface area contributed by atoms with Gasteiger partial charge in [0, 0.05) is 6.54 Å². The number of benzene rings is 1. The minimum absolute atomic E-state index is 0.0670. The number of urea groups is 1. The molecule has 7 heteroatoms. The lowest BCUT2D eigenvalue weighted by molar-refractivity contribution is 0.192. The van der Waals surface area contributed by atoms with Gasteiger partial charge in [0.1, 0.15) is 0 Å². The first-order chi connectivity index (χ1) is 11.1. The third kappa shape index (κ3) is 3.18. The molecular weight excluding hydrogens is 292 g/mol. The van der Waals surface area contributed by atoms with Crippen molar-refractivity contribution >= 4 is 6.03 Å². The number of carbonyl (C=O) groups is 1. The van der Waals surface area contributed by atoms with Gasteiger partial charge in [-0.05, 0) is 48.6 Å². The van der Waals surface area contributed by atoms with Gasteiger partial charge < -0.3 is 10.2 Å². The summed E-state index contributed by atoms with van der Waals surface area (Å²) in [6, 6.07) is 6.36. The standard InChI is InChI=1S/C16H22N6O/c1-11-6-4-7-12(2)15(11)13-8-5-9-22(13)16(23)17-10-14-18-20-21(3)19-14/h4,6-7,13H,5,8-10H2,1-3H3,(H,17,23). The molecule has 0 bridgehead atoms. The fraction of sp³-hybridized carbons (Fsp3) is 0.500. The minimum Gasteiger partial charge on any atom is -0.331 e. The van der Waals surface area contributed by atoms with Crippen LogP contribution in [0, 0.1) is 13.8 Å². The van der Waals surface area contributed by atoms with Gasteiger partial charge in [-0.2, -0.15) is 4.80 Å². The van der Waals surface area contributed by atoms with E-state index in [0.717, 1.165) is 19.4 Å². The molecule has 1 aliphatic heterocycles. The summed E-state index contributed by atoms with van der Waals surface area (Å²) in [5.41, 5.74) is 3.76. The number of rotatable bonds is 3. The molecule has 0 spiro atoms. The van der Waals surface area contributed by atoms with Crippen LogP contribution in [0.5, 0.6) is 0 Å². The fourth-order valence-corrected chi connectivity index (χ4v) is 3.31. The molecule has 1 unspecified atom stereocenters. The zero-order valence-electron chi connectivity index (χ0n) is 13.8. The largest absolute Gasteiger partial charge is 0.331 e. The SMILES string of the molecule is Cc1cccc(C)c1C1CCCN1C(=O)NCc1nnn(C)n1. The Balaban J connectivity index is 1.72. The number of carbonyl (C=O) groups excluding carboxylic acids is 1. The number of aromatic nitrogens is 4. The molecule has 1 atom stereocenters. The minimum atomic E-state index is -0.0670. The van der Waals surface area contributed by atoms with Crippen molar-refractivity contribution in [1.29, 1.82) is 0 Å². The Morgan fingerprint density at radius 1 is 1.35 bits per heavy atom. The maximum atomic E-state index is 12.6. The van der Waals surface area contributed by atoms with Crippen molar-refractivity contribution in [3.05, 3.63) is 40.7 Å². The van der Waals surface area contributed by atoms with Crippen LogP contribution in [0.25, 0.3) is 0 Å². The Bertz CT molecular complexity index is 690. The average Bonchev–Trinajstić information content (AvgIpc) is 3.14. The summed E-state index contributed by atoms with van der Waals surface area (Å²) in [5.74, 6) is 0.517. The predicted molar refractivity (Wildman–Crippen MR) is 85.6 cm³/mol. The first-order valence-electron chi connectivity index (χ1n) is 7.89. The summed E-state index contributed by atoms with van der Waals surface area (Å²) in [4.78, 5) is 15.9. The van der Waals surface area contributed by atoms with Crippen LogP contribution < -0.4 is 5.32 Å². The first-order valence-corrected chi connectivity index (χ1v) is 7.89. The maximum absolute atomic E-state index is 12.6. The fourth-order valence-electron chi connectivity index (χ4n) is 3.31. The number of nitrogens with one attached hydrogen (secondary N) is 1. The highest BCUT2D eigenvalue weighted by Crippen LogP contribution is 2.35. The van der Waals surface area contributed by atoms with Gasteiger partial charge in [0.05, 0.1) is 19.6 Å². The van der Waals surface area contributed by atoms with Crippen LogP contribution >= 0.6 is 0 Å². The number of hydrogen-bond acceptors (Lipinski definition) is 4. The molecule has 23 heavy (non-hydrogen) atoms. The highest BCUT2D eigenvalue weighted by Gasteiger charge is 2.31. The van der Waals surface area contributed by atoms with Gasteiger partial charge in [-0.25, -0.2) is 4.79 Å². The van der Waals surface area contributed by atoms with Crippen molar-refractivity contribution < 1.29 is 4.79 Å². The van der Waals surface area contributed by atoms with Gasteiger partial charge in [-0.1, -0.05) is 18.2 Å². The second kappa shape index (κ2) is 6.36. The average molecular weight is 314 g/mol. The third-order valence-electron chi connectivity index (χ3n) is 4.34. The number of hydrogen-bond donors (Lipinski definition) is 1. The second-order valence-corrected chi connectivity index (χ2v) is 6.01. The number of aryl methyl sites for hydroxylation is 3. The van der Waals surface area contributed by atoms with Gasteiger partial charge >= 0.3 is 6.03 Å². The topological polar surface area (TPSA) is 75.9 Å². The molecule has 2 heterocycles. The number of tetrazole rings is 1. The van der Waals surface area contributed by atoms with Crippen molar-refractivity contribution in [3.63, 3.8) is 0 Å². The first kappa shape index (κ1) is 15.5. The van der Waals surface area contributed by atoms with E-state index in [1.165, 1.54) is 21.5 Å². The number of nitrogens with zero attached hydrogens (tertiary/aromatic N) is 5. The van der Waals surface area contributed by atoms with E-state index in [4.69, 9.17) is 0 Å². The second-order valence-electron chi connectivity index (χ2n) is 6.01. The van der Waals surface area contributed by atoms with E-state index in [1.54, 1.807) is 7.05 Å². The molecule has 0 radical (unpaired) electrons. The van der Waals surface area contributed by atoms with Crippen molar-refractivity contribution in [2.24, 2.45) is 7.05 Å². The number of likely N-dealkylation sites (tertiary alicyclic amines) is 1. The Hall–Kier alpha value is -2.44. The zero-order chi connectivity index (χ0) is 16.4. The molecule has 122 valence electrons. The van der Waals surface area contributed by atoms with Gasteiger partial charge in [0.2, 0.25) is 0 Å². The summed E-state index contributed by atoms with van der Waals surface area (Å²) in [5, 5.41) is 14.6. The van der Waals surface area contributed by atoms with Crippen molar-refractivity contribution in [3.8, 4) is 0 Å². The summed E-state index contributed by atoms with van der Waals surface area (Å²) < 4.78 is 0. The Kier molecular flexibility index (Phi) is 4.27. The van der Waals surface area contributed by atoms with Crippen molar-refractivity contribution in [2.45, 2.75) is 39.3 Å². The van der Waals surface area contributed by atoms with E-state index in [1.807, 2.05) is 4.90 Å². The van der Waals surface area contributed by atoms with E-state index in [0.29, 0.717) is 12.4 Å². The Morgan fingerprint density at radius 3 is 2.74 bits per heavy atom. The molecule has 1 fully saturated rings. The summed E-state index contributed by atoms with van der Waals surface area (Å²) in [6.07, 6.45) is 2.03. The van der Waals surface area contributed by atoms with Crippen LogP contribution in [0.4, 0.5) is 4.79 Å². The Morgan fingerprint density at radius 2 is 2.09 bits per heavy atom. The lowest BCUT2D eigenvalue weighted by atomic mass is 9.95. The summed E-state index contributed by atoms with van der Waals surface area (Å²) in [6.45, 7) is 5.29. The van der Waals surface area contributed by atoms with E-state index >= 15 is 0 Å². The van der Waals surface area contributed by atoms with E-state index in [-0.39, 0.29) is 12.1 Å². The van der Waals surface area contributed by atoms with Gasteiger partial charge in [0.15, 0.2) is 5.82 Å². The van der Waals surface area contributed by atoms with Crippen molar-refractivity contribution in [1.82, 2.24) is 30.4 Å². The highest BCUT2D eigenvalue weighted by molar-refractivity contribution is 5.75. The van der Waals surface area contributed by atoms with E-state index < -0.39 is 0 Å². The zero-order valence-corrected chi connectivity index (χ0v) is 13.8. The van der Waals surface area contributed by atoms with Crippen LogP contribution in [0.15, 0.2) is 18.2 Å². The van der Waals surface area contributed by atoms with Gasteiger partial charge in [-0.3, -0.25) is 0 Å². The quantitative estimate of drug-likeness (QED) is 0.938. The summed E-state index contributed by atoms with van der Waals surface area (Å²) in [7, 11) is 1.70. The normalized spacial score (nSPS) is 17.5. The van der Waals surface area contributed by atoms with Crippen LogP contribution in [0.1, 0.15) is 41.4 Å². The molecule has 1 aromatic heterocycles. The van der Waals surface area contributed by atoms with Crippen LogP contribution in [-0.4, -0.2) is 37.7 Å². The molecule has 0 saturated carbocycles. The Labute approximate surface area is 135 Å². The molecular formula is C16H22N6O. The summed E-state index contributed by atoms with van der Waals surface area (Å²) >= 11 is 0. The van der Waals surface area contributed by atoms with Gasteiger partial charge in [0.25, 0.3) is 0 Å². The molecule has 0 aliphatic carbocycles. The molecule has 1 N–H and O–H groups in total. The van der Waals surface area contributed by atoms with E-state index in [9.17, 15) is 4.79 Å². The lowest BCUT2D eigenvalue weighted by Gasteiger charge is -2.27. The molecule has 2 aromatic rings. The van der Waals surface area contributed by atoms with E-state index in [2.05, 4.69) is 52.8 Å². The molecule has 1 aromatic carbocycles. The lowest BCUT2D eigenvalue weighted by Crippen LogP contribution is -2.39. The molecule has 2 amide bonds. The third-order valence-corrected chi connectivity index (χ3v) is 4.34. The monoisotopic (exact) mass is 314 g/mol. The predicted octanol–water partition coefficient (Wildman–Crippen LogP) is 1.87. The van der Waals surface area contributed by atoms with Crippen LogP contribution in [-0.2, 0) is 13.6 Å². The maximum Gasteiger partial charge on any atom is 0.318 e. The molecule has 1 saturated heterocycles.